The highest BCUT2D eigenvalue weighted by molar-refractivity contribution is 14.1. The first kappa shape index (κ1) is 11.2. The summed E-state index contributed by atoms with van der Waals surface area (Å²) >= 11 is 2.02. The van der Waals surface area contributed by atoms with Crippen molar-refractivity contribution in [1.82, 2.24) is 0 Å². The van der Waals surface area contributed by atoms with E-state index in [1.165, 1.54) is 13.8 Å². The van der Waals surface area contributed by atoms with E-state index in [1.54, 1.807) is 18.2 Å². The molecule has 3 nitrogen and oxygen atoms in total. The molecule has 0 aromatic heterocycles. The predicted octanol–water partition coefficient (Wildman–Crippen LogP) is 2.42. The number of hydrogen-bond donors (Lipinski definition) is 0. The number of halogens is 1. The van der Waals surface area contributed by atoms with Crippen molar-refractivity contribution in [3.05, 3.63) is 27.3 Å². The number of Topliss-reactive ketones (excluding diaryl/α,β-unsaturated/α-hetero) is 1. The first-order valence-electron chi connectivity index (χ1n) is 3.99. The lowest BCUT2D eigenvalue weighted by molar-refractivity contribution is -0.131. The molecule has 0 unspecified atom stereocenters. The second-order valence-electron chi connectivity index (χ2n) is 2.80. The van der Waals surface area contributed by atoms with Crippen LogP contribution in [0.2, 0.25) is 0 Å². The third-order valence-corrected chi connectivity index (χ3v) is 2.44. The molecule has 0 aliphatic carbocycles. The van der Waals surface area contributed by atoms with Crippen LogP contribution in [0, 0.1) is 3.57 Å². The normalized spacial score (nSPS) is 9.64. The fourth-order valence-electron chi connectivity index (χ4n) is 0.957. The van der Waals surface area contributed by atoms with E-state index in [1.807, 2.05) is 22.6 Å². The van der Waals surface area contributed by atoms with E-state index in [4.69, 9.17) is 4.74 Å². The van der Waals surface area contributed by atoms with Gasteiger partial charge in [0.05, 0.1) is 3.57 Å². The number of rotatable bonds is 2. The second kappa shape index (κ2) is 4.54. The van der Waals surface area contributed by atoms with E-state index in [-0.39, 0.29) is 11.8 Å². The number of esters is 1. The average Bonchev–Trinajstić information content (AvgIpc) is 2.07. The first-order valence-corrected chi connectivity index (χ1v) is 5.07. The smallest absolute Gasteiger partial charge is 0.308 e. The molecule has 0 heterocycles. The van der Waals surface area contributed by atoms with Crippen molar-refractivity contribution < 1.29 is 14.3 Å². The highest BCUT2D eigenvalue weighted by Crippen LogP contribution is 2.22. The molecule has 0 saturated heterocycles. The third-order valence-electron chi connectivity index (χ3n) is 1.59. The summed E-state index contributed by atoms with van der Waals surface area (Å²) in [7, 11) is 0. The van der Waals surface area contributed by atoms with Crippen molar-refractivity contribution >= 4 is 34.3 Å². The van der Waals surface area contributed by atoms with Gasteiger partial charge >= 0.3 is 5.97 Å². The fourth-order valence-corrected chi connectivity index (χ4v) is 1.58. The lowest BCUT2D eigenvalue weighted by Crippen LogP contribution is -2.03. The maximum Gasteiger partial charge on any atom is 0.308 e. The van der Waals surface area contributed by atoms with E-state index < -0.39 is 0 Å². The van der Waals surface area contributed by atoms with Crippen molar-refractivity contribution in [2.75, 3.05) is 0 Å². The van der Waals surface area contributed by atoms with Crippen LogP contribution in [-0.2, 0) is 4.79 Å². The van der Waals surface area contributed by atoms with Gasteiger partial charge in [0.2, 0.25) is 0 Å². The molecule has 0 aliphatic heterocycles. The van der Waals surface area contributed by atoms with Crippen LogP contribution in [0.25, 0.3) is 0 Å². The molecule has 14 heavy (non-hydrogen) atoms. The highest BCUT2D eigenvalue weighted by Gasteiger charge is 2.06. The number of ether oxygens (including phenoxy) is 1. The van der Waals surface area contributed by atoms with Crippen LogP contribution in [0.15, 0.2) is 18.2 Å². The standard InChI is InChI=1S/C10H9IO3/c1-6(12)8-3-4-10(9(11)5-8)14-7(2)13/h3-5H,1-2H3. The molecule has 1 aromatic carbocycles. The Bertz CT molecular complexity index is 385. The highest BCUT2D eigenvalue weighted by atomic mass is 127. The molecule has 0 spiro atoms. The maximum atomic E-state index is 11.0. The van der Waals surface area contributed by atoms with Gasteiger partial charge in [-0.05, 0) is 47.7 Å². The summed E-state index contributed by atoms with van der Waals surface area (Å²) in [6.07, 6.45) is 0. The van der Waals surface area contributed by atoms with Gasteiger partial charge in [-0.15, -0.1) is 0 Å². The largest absolute Gasteiger partial charge is 0.426 e. The number of carbonyl (C=O) groups excluding carboxylic acids is 2. The molecule has 0 fully saturated rings. The zero-order valence-electron chi connectivity index (χ0n) is 7.83. The summed E-state index contributed by atoms with van der Waals surface area (Å²) < 4.78 is 5.68. The van der Waals surface area contributed by atoms with Gasteiger partial charge in [-0.1, -0.05) is 0 Å². The van der Waals surface area contributed by atoms with Crippen LogP contribution in [0.5, 0.6) is 5.75 Å². The van der Waals surface area contributed by atoms with Crippen LogP contribution >= 0.6 is 22.6 Å². The molecule has 0 amide bonds. The number of ketones is 1. The van der Waals surface area contributed by atoms with Crippen LogP contribution in [-0.4, -0.2) is 11.8 Å². The number of hydrogen-bond acceptors (Lipinski definition) is 3. The topological polar surface area (TPSA) is 43.4 Å². The Morgan fingerprint density at radius 3 is 2.36 bits per heavy atom. The summed E-state index contributed by atoms with van der Waals surface area (Å²) in [4.78, 5) is 21.7. The summed E-state index contributed by atoms with van der Waals surface area (Å²) in [6, 6.07) is 4.96. The van der Waals surface area contributed by atoms with E-state index in [0.717, 1.165) is 3.57 Å². The lowest BCUT2D eigenvalue weighted by Gasteiger charge is -2.04. The van der Waals surface area contributed by atoms with E-state index in [2.05, 4.69) is 0 Å². The van der Waals surface area contributed by atoms with Crippen molar-refractivity contribution in [2.24, 2.45) is 0 Å². The minimum atomic E-state index is -0.363. The predicted molar refractivity (Wildman–Crippen MR) is 60.5 cm³/mol. The fraction of sp³-hybridized carbons (Fsp3) is 0.200. The van der Waals surface area contributed by atoms with Gasteiger partial charge in [-0.2, -0.15) is 0 Å². The summed E-state index contributed by atoms with van der Waals surface area (Å²) in [5.41, 5.74) is 0.616. The molecule has 4 heteroatoms. The Morgan fingerprint density at radius 2 is 1.93 bits per heavy atom. The van der Waals surface area contributed by atoms with Crippen LogP contribution in [0.1, 0.15) is 24.2 Å². The minimum absolute atomic E-state index is 0.00251. The van der Waals surface area contributed by atoms with Gasteiger partial charge in [-0.3, -0.25) is 9.59 Å². The zero-order chi connectivity index (χ0) is 10.7. The molecule has 0 saturated carbocycles. The molecule has 0 bridgehead atoms. The van der Waals surface area contributed by atoms with Gasteiger partial charge < -0.3 is 4.74 Å². The molecule has 0 atom stereocenters. The van der Waals surface area contributed by atoms with Gasteiger partial charge in [0.25, 0.3) is 0 Å². The molecule has 1 rings (SSSR count). The van der Waals surface area contributed by atoms with E-state index in [0.29, 0.717) is 11.3 Å². The Hall–Kier alpha value is -0.910. The van der Waals surface area contributed by atoms with Gasteiger partial charge in [0.15, 0.2) is 5.78 Å². The lowest BCUT2D eigenvalue weighted by atomic mass is 10.1. The Morgan fingerprint density at radius 1 is 1.29 bits per heavy atom. The van der Waals surface area contributed by atoms with Gasteiger partial charge in [0, 0.05) is 12.5 Å². The van der Waals surface area contributed by atoms with Crippen LogP contribution < -0.4 is 4.74 Å². The minimum Gasteiger partial charge on any atom is -0.426 e. The third kappa shape index (κ3) is 2.80. The quantitative estimate of drug-likeness (QED) is 0.365. The van der Waals surface area contributed by atoms with Crippen molar-refractivity contribution in [1.29, 1.82) is 0 Å². The first-order chi connectivity index (χ1) is 6.50. The molecular formula is C10H9IO3. The summed E-state index contributed by atoms with van der Waals surface area (Å²) in [5, 5.41) is 0. The Balaban J connectivity index is 3.01. The zero-order valence-corrected chi connectivity index (χ0v) is 9.99. The number of carbonyl (C=O) groups is 2. The van der Waals surface area contributed by atoms with Crippen LogP contribution in [0.4, 0.5) is 0 Å². The van der Waals surface area contributed by atoms with E-state index in [9.17, 15) is 9.59 Å². The molecule has 0 aliphatic rings. The average molecular weight is 304 g/mol. The SMILES string of the molecule is CC(=O)Oc1ccc(C(C)=O)cc1I. The Labute approximate surface area is 95.6 Å². The molecule has 74 valence electrons. The molecule has 1 aromatic rings. The van der Waals surface area contributed by atoms with Crippen molar-refractivity contribution in [3.63, 3.8) is 0 Å². The Kier molecular flexibility index (Phi) is 3.62. The monoisotopic (exact) mass is 304 g/mol. The van der Waals surface area contributed by atoms with Gasteiger partial charge in [0.1, 0.15) is 5.75 Å². The van der Waals surface area contributed by atoms with Crippen LogP contribution in [0.3, 0.4) is 0 Å². The molecule has 0 N–H and O–H groups in total. The van der Waals surface area contributed by atoms with Crippen molar-refractivity contribution in [3.8, 4) is 5.75 Å². The number of benzene rings is 1. The van der Waals surface area contributed by atoms with Crippen molar-refractivity contribution in [2.45, 2.75) is 13.8 Å². The second-order valence-corrected chi connectivity index (χ2v) is 3.96. The summed E-state index contributed by atoms with van der Waals surface area (Å²) in [5.74, 6) is 0.124. The maximum absolute atomic E-state index is 11.0. The van der Waals surface area contributed by atoms with E-state index >= 15 is 0 Å². The molecule has 0 radical (unpaired) electrons. The summed E-state index contributed by atoms with van der Waals surface area (Å²) in [6.45, 7) is 2.84. The molecular weight excluding hydrogens is 295 g/mol. The van der Waals surface area contributed by atoms with Gasteiger partial charge in [-0.25, -0.2) is 0 Å².